The third-order valence-electron chi connectivity index (χ3n) is 3.21. The van der Waals surface area contributed by atoms with E-state index < -0.39 is 11.9 Å². The maximum atomic E-state index is 11.9. The number of benzene rings is 2. The maximum absolute atomic E-state index is 11.9. The molecule has 0 bridgehead atoms. The van der Waals surface area contributed by atoms with Gasteiger partial charge < -0.3 is 15.2 Å². The summed E-state index contributed by atoms with van der Waals surface area (Å²) >= 11 is 16.9. The SMILES string of the molecule is Cc1cc(Cl)ccc1OCC(=O)NC(=S)Nc1cc(C(=O)O)ccc1Cl. The van der Waals surface area contributed by atoms with Crippen LogP contribution in [0.15, 0.2) is 36.4 Å². The van der Waals surface area contributed by atoms with Crippen molar-refractivity contribution >= 4 is 58.1 Å². The van der Waals surface area contributed by atoms with Crippen molar-refractivity contribution in [3.05, 3.63) is 57.6 Å². The van der Waals surface area contributed by atoms with Gasteiger partial charge in [-0.25, -0.2) is 4.79 Å². The molecular weight excluding hydrogens is 399 g/mol. The Kier molecular flexibility index (Phi) is 6.79. The number of halogens is 2. The second-order valence-electron chi connectivity index (χ2n) is 5.20. The molecule has 0 radical (unpaired) electrons. The molecule has 2 rings (SSSR count). The van der Waals surface area contributed by atoms with Gasteiger partial charge in [0.2, 0.25) is 0 Å². The monoisotopic (exact) mass is 412 g/mol. The first kappa shape index (κ1) is 20.0. The van der Waals surface area contributed by atoms with Gasteiger partial charge >= 0.3 is 5.97 Å². The fourth-order valence-corrected chi connectivity index (χ4v) is 2.60. The lowest BCUT2D eigenvalue weighted by Gasteiger charge is -2.13. The van der Waals surface area contributed by atoms with Crippen molar-refractivity contribution < 1.29 is 19.4 Å². The Morgan fingerprint density at radius 1 is 1.19 bits per heavy atom. The third-order valence-corrected chi connectivity index (χ3v) is 3.98. The van der Waals surface area contributed by atoms with E-state index in [9.17, 15) is 9.59 Å². The van der Waals surface area contributed by atoms with Crippen molar-refractivity contribution in [2.45, 2.75) is 6.92 Å². The standard InChI is InChI=1S/C17H14Cl2N2O4S/c1-9-6-11(18)3-5-14(9)25-8-15(22)21-17(26)20-13-7-10(16(23)24)2-4-12(13)19/h2-7H,8H2,1H3,(H,23,24)(H2,20,21,22,26). The molecule has 3 N–H and O–H groups in total. The number of aryl methyl sites for hydroxylation is 1. The zero-order valence-corrected chi connectivity index (χ0v) is 15.8. The number of carbonyl (C=O) groups excluding carboxylic acids is 1. The number of ether oxygens (including phenoxy) is 1. The molecule has 0 saturated heterocycles. The molecule has 0 aliphatic carbocycles. The van der Waals surface area contributed by atoms with Gasteiger partial charge in [-0.2, -0.15) is 0 Å². The van der Waals surface area contributed by atoms with Gasteiger partial charge in [-0.05, 0) is 61.1 Å². The number of hydrogen-bond acceptors (Lipinski definition) is 4. The number of hydrogen-bond donors (Lipinski definition) is 3. The number of anilines is 1. The number of thiocarbonyl (C=S) groups is 1. The summed E-state index contributed by atoms with van der Waals surface area (Å²) in [6, 6.07) is 9.14. The van der Waals surface area contributed by atoms with Gasteiger partial charge in [0.05, 0.1) is 16.3 Å². The van der Waals surface area contributed by atoms with Gasteiger partial charge in [-0.15, -0.1) is 0 Å². The third kappa shape index (κ3) is 5.59. The van der Waals surface area contributed by atoms with E-state index in [0.717, 1.165) is 5.56 Å². The van der Waals surface area contributed by atoms with Gasteiger partial charge in [0.25, 0.3) is 5.91 Å². The minimum absolute atomic E-state index is 0.0316. The molecule has 2 aromatic carbocycles. The summed E-state index contributed by atoms with van der Waals surface area (Å²) in [5.74, 6) is -1.06. The Morgan fingerprint density at radius 3 is 2.58 bits per heavy atom. The quantitative estimate of drug-likeness (QED) is 0.645. The highest BCUT2D eigenvalue weighted by Gasteiger charge is 2.11. The smallest absolute Gasteiger partial charge is 0.335 e. The van der Waals surface area contributed by atoms with E-state index in [2.05, 4.69) is 10.6 Å². The van der Waals surface area contributed by atoms with Crippen LogP contribution in [0.5, 0.6) is 5.75 Å². The number of carbonyl (C=O) groups is 2. The van der Waals surface area contributed by atoms with Gasteiger partial charge in [-0.3, -0.25) is 10.1 Å². The molecule has 0 fully saturated rings. The molecule has 0 heterocycles. The topological polar surface area (TPSA) is 87.7 Å². The lowest BCUT2D eigenvalue weighted by atomic mass is 10.2. The first-order valence-corrected chi connectivity index (χ1v) is 8.45. The summed E-state index contributed by atoms with van der Waals surface area (Å²) in [5, 5.41) is 14.9. The summed E-state index contributed by atoms with van der Waals surface area (Å²) in [6.45, 7) is 1.55. The van der Waals surface area contributed by atoms with Crippen LogP contribution in [0.25, 0.3) is 0 Å². The maximum Gasteiger partial charge on any atom is 0.335 e. The molecule has 1 amide bonds. The highest BCUT2D eigenvalue weighted by atomic mass is 35.5. The zero-order chi connectivity index (χ0) is 19.3. The first-order chi connectivity index (χ1) is 12.3. The minimum atomic E-state index is -1.11. The summed E-state index contributed by atoms with van der Waals surface area (Å²) in [6.07, 6.45) is 0. The van der Waals surface area contributed by atoms with Crippen LogP contribution in [0.2, 0.25) is 10.0 Å². The Labute approximate surface area is 165 Å². The van der Waals surface area contributed by atoms with E-state index in [1.165, 1.54) is 18.2 Å². The molecule has 136 valence electrons. The molecule has 0 aliphatic rings. The zero-order valence-electron chi connectivity index (χ0n) is 13.5. The van der Waals surface area contributed by atoms with Crippen molar-refractivity contribution in [1.82, 2.24) is 5.32 Å². The van der Waals surface area contributed by atoms with Crippen molar-refractivity contribution in [2.24, 2.45) is 0 Å². The van der Waals surface area contributed by atoms with Crippen LogP contribution in [0.4, 0.5) is 5.69 Å². The predicted molar refractivity (Wildman–Crippen MR) is 104 cm³/mol. The average Bonchev–Trinajstić information content (AvgIpc) is 2.55. The van der Waals surface area contributed by atoms with Crippen molar-refractivity contribution in [3.8, 4) is 5.75 Å². The van der Waals surface area contributed by atoms with E-state index in [4.69, 9.17) is 45.3 Å². The normalized spacial score (nSPS) is 10.1. The second kappa shape index (κ2) is 8.84. The van der Waals surface area contributed by atoms with Gasteiger partial charge in [0, 0.05) is 5.02 Å². The summed E-state index contributed by atoms with van der Waals surface area (Å²) in [5.41, 5.74) is 1.10. The Balaban J connectivity index is 1.92. The number of carboxylic acids is 1. The Morgan fingerprint density at radius 2 is 1.92 bits per heavy atom. The van der Waals surface area contributed by atoms with Crippen molar-refractivity contribution in [1.29, 1.82) is 0 Å². The highest BCUT2D eigenvalue weighted by molar-refractivity contribution is 7.80. The summed E-state index contributed by atoms with van der Waals surface area (Å²) in [7, 11) is 0. The van der Waals surface area contributed by atoms with Crippen molar-refractivity contribution in [2.75, 3.05) is 11.9 Å². The van der Waals surface area contributed by atoms with E-state index in [0.29, 0.717) is 10.8 Å². The molecule has 0 aromatic heterocycles. The molecule has 0 spiro atoms. The largest absolute Gasteiger partial charge is 0.483 e. The molecule has 9 heteroatoms. The minimum Gasteiger partial charge on any atom is -0.483 e. The lowest BCUT2D eigenvalue weighted by molar-refractivity contribution is -0.121. The Bertz CT molecular complexity index is 874. The fourth-order valence-electron chi connectivity index (χ4n) is 1.99. The van der Waals surface area contributed by atoms with E-state index in [1.54, 1.807) is 18.2 Å². The van der Waals surface area contributed by atoms with Gasteiger partial charge in [0.15, 0.2) is 11.7 Å². The van der Waals surface area contributed by atoms with E-state index in [1.807, 2.05) is 6.92 Å². The fraction of sp³-hybridized carbons (Fsp3) is 0.118. The van der Waals surface area contributed by atoms with Gasteiger partial charge in [-0.1, -0.05) is 23.2 Å². The average molecular weight is 413 g/mol. The second-order valence-corrected chi connectivity index (χ2v) is 6.45. The highest BCUT2D eigenvalue weighted by Crippen LogP contribution is 2.23. The van der Waals surface area contributed by atoms with Crippen LogP contribution in [-0.4, -0.2) is 28.7 Å². The molecule has 0 unspecified atom stereocenters. The van der Waals surface area contributed by atoms with Crippen LogP contribution < -0.4 is 15.4 Å². The number of nitrogens with one attached hydrogen (secondary N) is 2. The molecule has 0 aliphatic heterocycles. The van der Waals surface area contributed by atoms with E-state index in [-0.39, 0.29) is 28.0 Å². The van der Waals surface area contributed by atoms with Crippen LogP contribution in [0.1, 0.15) is 15.9 Å². The van der Waals surface area contributed by atoms with Crippen LogP contribution >= 0.6 is 35.4 Å². The molecule has 0 saturated carbocycles. The van der Waals surface area contributed by atoms with Gasteiger partial charge in [0.1, 0.15) is 5.75 Å². The summed E-state index contributed by atoms with van der Waals surface area (Å²) < 4.78 is 5.42. The molecular formula is C17H14Cl2N2O4S. The van der Waals surface area contributed by atoms with Crippen molar-refractivity contribution in [3.63, 3.8) is 0 Å². The molecule has 2 aromatic rings. The number of rotatable bonds is 5. The lowest BCUT2D eigenvalue weighted by Crippen LogP contribution is -2.37. The first-order valence-electron chi connectivity index (χ1n) is 7.29. The molecule has 26 heavy (non-hydrogen) atoms. The van der Waals surface area contributed by atoms with Crippen LogP contribution in [-0.2, 0) is 4.79 Å². The predicted octanol–water partition coefficient (Wildman–Crippen LogP) is 3.89. The molecule has 0 atom stereocenters. The number of amides is 1. The van der Waals surface area contributed by atoms with E-state index >= 15 is 0 Å². The molecule has 6 nitrogen and oxygen atoms in total. The number of carboxylic acid groups (broad SMARTS) is 1. The summed E-state index contributed by atoms with van der Waals surface area (Å²) in [4.78, 5) is 22.9. The number of aromatic carboxylic acids is 1. The van der Waals surface area contributed by atoms with Crippen LogP contribution in [0.3, 0.4) is 0 Å². The van der Waals surface area contributed by atoms with Crippen LogP contribution in [0, 0.1) is 6.92 Å². The Hall–Kier alpha value is -2.35.